The molecular weight excluding hydrogens is 841 g/mol. The van der Waals surface area contributed by atoms with E-state index in [4.69, 9.17) is 14.2 Å². The Bertz CT molecular complexity index is 1270. The maximum absolute atomic E-state index is 12.8. The summed E-state index contributed by atoms with van der Waals surface area (Å²) < 4.78 is 16.8. The molecule has 0 aliphatic carbocycles. The smallest absolute Gasteiger partial charge is 0.306 e. The molecule has 0 aromatic carbocycles. The van der Waals surface area contributed by atoms with Crippen molar-refractivity contribution < 1.29 is 28.6 Å². The average molecular weight is 950 g/mol. The Kier molecular flexibility index (Phi) is 53.8. The standard InChI is InChI=1S/C62H108O6/c1-4-7-10-13-16-19-21-23-25-27-28-29-30-31-32-33-34-35-37-38-40-43-46-49-52-55-61(64)67-58-59(57-66-60(63)54-51-48-45-42-18-15-12-9-6-3)68-62(65)56-53-50-47-44-41-39-36-26-24-22-20-17-14-11-8-5-2/h7,10,16,19,23,25-26,28-29,31-32,36,59H,4-6,8-9,11-15,17-18,20-22,24,27,30,33-35,37-58H2,1-3H3/b10-7-,19-16-,25-23-,29-28-,32-31-,36-26-. The summed E-state index contributed by atoms with van der Waals surface area (Å²) in [5, 5.41) is 0. The lowest BCUT2D eigenvalue weighted by molar-refractivity contribution is -0.167. The van der Waals surface area contributed by atoms with Gasteiger partial charge in [-0.2, -0.15) is 0 Å². The number of carbonyl (C=O) groups excluding carboxylic acids is 3. The van der Waals surface area contributed by atoms with Gasteiger partial charge in [0.1, 0.15) is 13.2 Å². The largest absolute Gasteiger partial charge is 0.462 e. The van der Waals surface area contributed by atoms with Crippen LogP contribution in [0.15, 0.2) is 72.9 Å². The van der Waals surface area contributed by atoms with E-state index in [1.165, 1.54) is 135 Å². The van der Waals surface area contributed by atoms with Gasteiger partial charge in [-0.05, 0) is 89.9 Å². The Labute approximate surface area is 421 Å². The molecule has 0 saturated heterocycles. The minimum absolute atomic E-state index is 0.0782. The molecule has 0 aliphatic heterocycles. The second-order valence-electron chi connectivity index (χ2n) is 19.2. The van der Waals surface area contributed by atoms with Crippen molar-refractivity contribution in [1.82, 2.24) is 0 Å². The van der Waals surface area contributed by atoms with E-state index >= 15 is 0 Å². The van der Waals surface area contributed by atoms with Crippen LogP contribution in [0.5, 0.6) is 0 Å². The Hall–Kier alpha value is -3.15. The minimum Gasteiger partial charge on any atom is -0.462 e. The molecule has 6 nitrogen and oxygen atoms in total. The maximum Gasteiger partial charge on any atom is 0.306 e. The van der Waals surface area contributed by atoms with Crippen molar-refractivity contribution in [2.24, 2.45) is 0 Å². The highest BCUT2D eigenvalue weighted by atomic mass is 16.6. The van der Waals surface area contributed by atoms with Crippen LogP contribution >= 0.6 is 0 Å². The Morgan fingerprint density at radius 2 is 0.574 bits per heavy atom. The van der Waals surface area contributed by atoms with Gasteiger partial charge in [0.15, 0.2) is 6.10 Å². The molecule has 0 aromatic heterocycles. The summed E-state index contributed by atoms with van der Waals surface area (Å²) in [6.45, 7) is 6.51. The SMILES string of the molecule is CC/C=C\C/C=C\C/C=C\C/C=C\C/C=C\CCCCCCCCCCCC(=O)OCC(COC(=O)CCCCCCCCCCC)OC(=O)CCCCCCC/C=C\CCCCCCCCC. The first-order valence-electron chi connectivity index (χ1n) is 28.9. The number of carbonyl (C=O) groups is 3. The van der Waals surface area contributed by atoms with Crippen LogP contribution < -0.4 is 0 Å². The first-order valence-corrected chi connectivity index (χ1v) is 28.9. The number of esters is 3. The van der Waals surface area contributed by atoms with Crippen LogP contribution in [-0.4, -0.2) is 37.2 Å². The summed E-state index contributed by atoms with van der Waals surface area (Å²) in [5.74, 6) is -0.888. The number of unbranched alkanes of at least 4 members (excludes halogenated alkanes) is 29. The summed E-state index contributed by atoms with van der Waals surface area (Å²) >= 11 is 0. The number of ether oxygens (including phenoxy) is 3. The van der Waals surface area contributed by atoms with Gasteiger partial charge in [0.25, 0.3) is 0 Å². The molecule has 0 amide bonds. The topological polar surface area (TPSA) is 78.9 Å². The minimum atomic E-state index is -0.779. The van der Waals surface area contributed by atoms with Crippen molar-refractivity contribution >= 4 is 17.9 Å². The quantitative estimate of drug-likeness (QED) is 0.0262. The summed E-state index contributed by atoms with van der Waals surface area (Å²) in [5.41, 5.74) is 0. The van der Waals surface area contributed by atoms with Crippen molar-refractivity contribution in [2.75, 3.05) is 13.2 Å². The van der Waals surface area contributed by atoms with Crippen molar-refractivity contribution in [3.05, 3.63) is 72.9 Å². The molecule has 6 heteroatoms. The molecule has 68 heavy (non-hydrogen) atoms. The van der Waals surface area contributed by atoms with E-state index in [1.54, 1.807) is 0 Å². The summed E-state index contributed by atoms with van der Waals surface area (Å²) in [6, 6.07) is 0. The number of allylic oxidation sites excluding steroid dienone is 12. The lowest BCUT2D eigenvalue weighted by Crippen LogP contribution is -2.30. The van der Waals surface area contributed by atoms with E-state index in [0.717, 1.165) is 109 Å². The van der Waals surface area contributed by atoms with Crippen LogP contribution in [-0.2, 0) is 28.6 Å². The van der Waals surface area contributed by atoms with Gasteiger partial charge in [0.2, 0.25) is 0 Å². The van der Waals surface area contributed by atoms with Crippen molar-refractivity contribution in [1.29, 1.82) is 0 Å². The van der Waals surface area contributed by atoms with Gasteiger partial charge in [-0.25, -0.2) is 0 Å². The predicted octanol–water partition coefficient (Wildman–Crippen LogP) is 19.4. The molecule has 0 radical (unpaired) electrons. The number of hydrogen-bond donors (Lipinski definition) is 0. The second-order valence-corrected chi connectivity index (χ2v) is 19.2. The van der Waals surface area contributed by atoms with Gasteiger partial charge in [-0.3, -0.25) is 14.4 Å². The molecular formula is C62H108O6. The van der Waals surface area contributed by atoms with E-state index in [0.29, 0.717) is 19.3 Å². The molecule has 1 atom stereocenters. The number of rotatable bonds is 52. The molecule has 0 N–H and O–H groups in total. The van der Waals surface area contributed by atoms with Crippen LogP contribution in [0.25, 0.3) is 0 Å². The molecule has 0 rings (SSSR count). The van der Waals surface area contributed by atoms with Crippen molar-refractivity contribution in [3.63, 3.8) is 0 Å². The molecule has 0 aliphatic rings. The Morgan fingerprint density at radius 1 is 0.309 bits per heavy atom. The Balaban J connectivity index is 4.25. The van der Waals surface area contributed by atoms with Crippen LogP contribution in [0.1, 0.15) is 284 Å². The summed E-state index contributed by atoms with van der Waals surface area (Å²) in [4.78, 5) is 38.0. The summed E-state index contributed by atoms with van der Waals surface area (Å²) in [7, 11) is 0. The molecule has 0 bridgehead atoms. The van der Waals surface area contributed by atoms with E-state index in [2.05, 4.69) is 93.7 Å². The molecule has 0 saturated carbocycles. The zero-order valence-corrected chi connectivity index (χ0v) is 44.9. The van der Waals surface area contributed by atoms with Gasteiger partial charge in [0, 0.05) is 19.3 Å². The third-order valence-corrected chi connectivity index (χ3v) is 12.4. The van der Waals surface area contributed by atoms with Crippen LogP contribution in [0, 0.1) is 0 Å². The van der Waals surface area contributed by atoms with Crippen LogP contribution in [0.4, 0.5) is 0 Å². The first-order chi connectivity index (χ1) is 33.5. The zero-order valence-electron chi connectivity index (χ0n) is 44.9. The molecule has 0 aromatic rings. The molecule has 1 unspecified atom stereocenters. The van der Waals surface area contributed by atoms with E-state index in [1.807, 2.05) is 0 Å². The van der Waals surface area contributed by atoms with Gasteiger partial charge < -0.3 is 14.2 Å². The van der Waals surface area contributed by atoms with Gasteiger partial charge in [-0.1, -0.05) is 248 Å². The van der Waals surface area contributed by atoms with Crippen molar-refractivity contribution in [2.45, 2.75) is 290 Å². The maximum atomic E-state index is 12.8. The molecule has 0 spiro atoms. The van der Waals surface area contributed by atoms with E-state index in [9.17, 15) is 14.4 Å². The van der Waals surface area contributed by atoms with E-state index < -0.39 is 6.10 Å². The van der Waals surface area contributed by atoms with Crippen molar-refractivity contribution in [3.8, 4) is 0 Å². The first kappa shape index (κ1) is 64.8. The zero-order chi connectivity index (χ0) is 49.3. The third-order valence-electron chi connectivity index (χ3n) is 12.4. The van der Waals surface area contributed by atoms with Gasteiger partial charge in [-0.15, -0.1) is 0 Å². The fourth-order valence-corrected chi connectivity index (χ4v) is 8.11. The van der Waals surface area contributed by atoms with E-state index in [-0.39, 0.29) is 31.1 Å². The predicted molar refractivity (Wildman–Crippen MR) is 293 cm³/mol. The van der Waals surface area contributed by atoms with Gasteiger partial charge in [0.05, 0.1) is 0 Å². The lowest BCUT2D eigenvalue weighted by Gasteiger charge is -2.18. The monoisotopic (exact) mass is 949 g/mol. The van der Waals surface area contributed by atoms with Crippen LogP contribution in [0.3, 0.4) is 0 Å². The highest BCUT2D eigenvalue weighted by Gasteiger charge is 2.19. The fraction of sp³-hybridized carbons (Fsp3) is 0.758. The number of hydrogen-bond acceptors (Lipinski definition) is 6. The Morgan fingerprint density at radius 3 is 0.912 bits per heavy atom. The molecule has 0 heterocycles. The van der Waals surface area contributed by atoms with Gasteiger partial charge >= 0.3 is 17.9 Å². The molecule has 0 fully saturated rings. The second kappa shape index (κ2) is 56.4. The molecule has 392 valence electrons. The fourth-order valence-electron chi connectivity index (χ4n) is 8.11. The normalized spacial score (nSPS) is 12.6. The highest BCUT2D eigenvalue weighted by molar-refractivity contribution is 5.71. The van der Waals surface area contributed by atoms with Crippen LogP contribution in [0.2, 0.25) is 0 Å². The summed E-state index contributed by atoms with van der Waals surface area (Å²) in [6.07, 6.45) is 71.9. The average Bonchev–Trinajstić information content (AvgIpc) is 3.34. The lowest BCUT2D eigenvalue weighted by atomic mass is 10.1. The third kappa shape index (κ3) is 53.8. The highest BCUT2D eigenvalue weighted by Crippen LogP contribution is 2.15.